The summed E-state index contributed by atoms with van der Waals surface area (Å²) in [5, 5.41) is 20.3. The van der Waals surface area contributed by atoms with Crippen molar-refractivity contribution in [3.8, 4) is 11.5 Å². The molecule has 4 heteroatoms. The van der Waals surface area contributed by atoms with Gasteiger partial charge in [0.2, 0.25) is 0 Å². The molecular weight excluding hydrogens is 324 g/mol. The molecule has 140 valence electrons. The highest BCUT2D eigenvalue weighted by Gasteiger charge is 2.19. The molecule has 26 heavy (non-hydrogen) atoms. The summed E-state index contributed by atoms with van der Waals surface area (Å²) in [6, 6.07) is 8.28. The van der Waals surface area contributed by atoms with Crippen LogP contribution in [0.15, 0.2) is 24.3 Å². The zero-order valence-electron chi connectivity index (χ0n) is 16.3. The normalized spacial score (nSPS) is 16.2. The molecule has 0 atom stereocenters. The van der Waals surface area contributed by atoms with Gasteiger partial charge in [-0.1, -0.05) is 29.8 Å². The van der Waals surface area contributed by atoms with E-state index in [0.29, 0.717) is 11.5 Å². The third kappa shape index (κ3) is 4.19. The van der Waals surface area contributed by atoms with Gasteiger partial charge in [-0.25, -0.2) is 0 Å². The van der Waals surface area contributed by atoms with Gasteiger partial charge in [0.05, 0.1) is 6.67 Å². The highest BCUT2D eigenvalue weighted by Crippen LogP contribution is 2.27. The lowest BCUT2D eigenvalue weighted by atomic mass is 10.0. The molecule has 1 heterocycles. The minimum Gasteiger partial charge on any atom is -0.507 e. The summed E-state index contributed by atoms with van der Waals surface area (Å²) in [5.41, 5.74) is 6.28. The molecule has 0 aliphatic carbocycles. The van der Waals surface area contributed by atoms with Crippen molar-refractivity contribution in [2.45, 2.75) is 47.2 Å². The number of phenols is 2. The van der Waals surface area contributed by atoms with Crippen molar-refractivity contribution in [3.63, 3.8) is 0 Å². The van der Waals surface area contributed by atoms with Crippen LogP contribution in [0.2, 0.25) is 0 Å². The van der Waals surface area contributed by atoms with Crippen molar-refractivity contribution in [1.82, 2.24) is 9.80 Å². The van der Waals surface area contributed by atoms with Crippen LogP contribution in [0.4, 0.5) is 0 Å². The second-order valence-electron chi connectivity index (χ2n) is 7.77. The number of rotatable bonds is 4. The Labute approximate surface area is 156 Å². The van der Waals surface area contributed by atoms with E-state index in [4.69, 9.17) is 0 Å². The monoisotopic (exact) mass is 354 g/mol. The van der Waals surface area contributed by atoms with Crippen molar-refractivity contribution in [1.29, 1.82) is 0 Å². The molecule has 4 nitrogen and oxygen atoms in total. The van der Waals surface area contributed by atoms with Gasteiger partial charge in [0.15, 0.2) is 0 Å². The average Bonchev–Trinajstić information content (AvgIpc) is 2.57. The van der Waals surface area contributed by atoms with Crippen LogP contribution in [-0.2, 0) is 13.1 Å². The second kappa shape index (κ2) is 7.68. The lowest BCUT2D eigenvalue weighted by Crippen LogP contribution is -2.43. The van der Waals surface area contributed by atoms with E-state index in [2.05, 4.69) is 34.9 Å². The van der Waals surface area contributed by atoms with E-state index in [1.54, 1.807) is 0 Å². The van der Waals surface area contributed by atoms with E-state index in [0.717, 1.165) is 61.5 Å². The Kier molecular flexibility index (Phi) is 5.54. The molecule has 1 saturated heterocycles. The average molecular weight is 354 g/mol. The van der Waals surface area contributed by atoms with Crippen molar-refractivity contribution in [2.24, 2.45) is 0 Å². The summed E-state index contributed by atoms with van der Waals surface area (Å²) in [6.07, 6.45) is 1.13. The van der Waals surface area contributed by atoms with Crippen LogP contribution >= 0.6 is 0 Å². The Morgan fingerprint density at radius 2 is 1.35 bits per heavy atom. The maximum Gasteiger partial charge on any atom is 0.122 e. The summed E-state index contributed by atoms with van der Waals surface area (Å²) in [4.78, 5) is 4.84. The smallest absolute Gasteiger partial charge is 0.122 e. The van der Waals surface area contributed by atoms with Gasteiger partial charge < -0.3 is 10.2 Å². The second-order valence-corrected chi connectivity index (χ2v) is 7.77. The topological polar surface area (TPSA) is 46.9 Å². The van der Waals surface area contributed by atoms with Crippen molar-refractivity contribution < 1.29 is 10.2 Å². The maximum absolute atomic E-state index is 10.4. The van der Waals surface area contributed by atoms with Gasteiger partial charge in [-0.3, -0.25) is 9.80 Å². The molecule has 0 aromatic heterocycles. The molecule has 1 aliphatic rings. The number of hydrogen-bond acceptors (Lipinski definition) is 4. The maximum atomic E-state index is 10.4. The Morgan fingerprint density at radius 3 is 2.00 bits per heavy atom. The zero-order valence-corrected chi connectivity index (χ0v) is 16.3. The number of aryl methyl sites for hydroxylation is 4. The van der Waals surface area contributed by atoms with Gasteiger partial charge in [0, 0.05) is 31.7 Å². The fraction of sp³-hybridized carbons (Fsp3) is 0.455. The van der Waals surface area contributed by atoms with Crippen LogP contribution < -0.4 is 0 Å². The lowest BCUT2D eigenvalue weighted by Gasteiger charge is -2.36. The first-order chi connectivity index (χ1) is 12.3. The number of phenolic OH excluding ortho intramolecular Hbond substituents is 2. The van der Waals surface area contributed by atoms with Gasteiger partial charge in [0.1, 0.15) is 11.5 Å². The molecule has 2 aromatic rings. The highest BCUT2D eigenvalue weighted by molar-refractivity contribution is 5.43. The molecule has 0 bridgehead atoms. The van der Waals surface area contributed by atoms with Gasteiger partial charge >= 0.3 is 0 Å². The molecule has 2 aromatic carbocycles. The van der Waals surface area contributed by atoms with Gasteiger partial charge in [-0.15, -0.1) is 0 Å². The molecule has 0 unspecified atom stereocenters. The minimum absolute atomic E-state index is 0.402. The minimum atomic E-state index is 0.402. The van der Waals surface area contributed by atoms with Crippen LogP contribution in [-0.4, -0.2) is 39.8 Å². The molecular formula is C22H30N2O2. The number of aromatic hydroxyl groups is 2. The van der Waals surface area contributed by atoms with Crippen LogP contribution in [0.5, 0.6) is 11.5 Å². The van der Waals surface area contributed by atoms with E-state index < -0.39 is 0 Å². The fourth-order valence-electron chi connectivity index (χ4n) is 4.00. The summed E-state index contributed by atoms with van der Waals surface area (Å²) in [6.45, 7) is 12.6. The number of benzene rings is 2. The molecule has 0 spiro atoms. The molecule has 1 fully saturated rings. The summed E-state index contributed by atoms with van der Waals surface area (Å²) < 4.78 is 0. The summed E-state index contributed by atoms with van der Waals surface area (Å²) in [5.74, 6) is 0.830. The predicted octanol–water partition coefficient (Wildman–Crippen LogP) is 4.00. The van der Waals surface area contributed by atoms with Crippen LogP contribution in [0.1, 0.15) is 39.8 Å². The Balaban J connectivity index is 1.68. The van der Waals surface area contributed by atoms with E-state index in [9.17, 15) is 10.2 Å². The van der Waals surface area contributed by atoms with Crippen molar-refractivity contribution in [3.05, 3.63) is 57.6 Å². The zero-order chi connectivity index (χ0) is 18.8. The molecule has 0 saturated carbocycles. The highest BCUT2D eigenvalue weighted by atomic mass is 16.3. The predicted molar refractivity (Wildman–Crippen MR) is 105 cm³/mol. The quantitative estimate of drug-likeness (QED) is 0.871. The number of nitrogens with zero attached hydrogens (tertiary/aromatic N) is 2. The Hall–Kier alpha value is -2.04. The van der Waals surface area contributed by atoms with Crippen LogP contribution in [0.3, 0.4) is 0 Å². The molecule has 2 N–H and O–H groups in total. The van der Waals surface area contributed by atoms with E-state index >= 15 is 0 Å². The number of hydrogen-bond donors (Lipinski definition) is 2. The first-order valence-corrected chi connectivity index (χ1v) is 9.36. The standard InChI is InChI=1S/C22H30N2O2/c1-15-8-16(2)22(26)20(9-15)13-24-7-5-6-23(14-24)12-19-10-17(3)21(25)18(4)11-19/h8-11,25-26H,5-7,12-14H2,1-4H3. The molecule has 0 radical (unpaired) electrons. The largest absolute Gasteiger partial charge is 0.507 e. The van der Waals surface area contributed by atoms with E-state index in [1.807, 2.05) is 26.8 Å². The summed E-state index contributed by atoms with van der Waals surface area (Å²) in [7, 11) is 0. The third-order valence-electron chi connectivity index (χ3n) is 5.22. The Morgan fingerprint density at radius 1 is 0.769 bits per heavy atom. The first kappa shape index (κ1) is 18.7. The van der Waals surface area contributed by atoms with E-state index in [-0.39, 0.29) is 0 Å². The van der Waals surface area contributed by atoms with E-state index in [1.165, 1.54) is 11.1 Å². The molecule has 1 aliphatic heterocycles. The van der Waals surface area contributed by atoms with Crippen LogP contribution in [0.25, 0.3) is 0 Å². The fourth-order valence-corrected chi connectivity index (χ4v) is 4.00. The van der Waals surface area contributed by atoms with Crippen molar-refractivity contribution >= 4 is 0 Å². The van der Waals surface area contributed by atoms with Gasteiger partial charge in [-0.2, -0.15) is 0 Å². The molecule has 0 amide bonds. The van der Waals surface area contributed by atoms with Crippen molar-refractivity contribution in [2.75, 3.05) is 19.8 Å². The lowest BCUT2D eigenvalue weighted by molar-refractivity contribution is 0.0740. The first-order valence-electron chi connectivity index (χ1n) is 9.36. The summed E-state index contributed by atoms with van der Waals surface area (Å²) >= 11 is 0. The Bertz CT molecular complexity index is 778. The SMILES string of the molecule is Cc1cc(C)c(O)c(CN2CCCN(Cc3cc(C)c(O)c(C)c3)C2)c1. The van der Waals surface area contributed by atoms with Crippen LogP contribution in [0, 0.1) is 27.7 Å². The molecule has 3 rings (SSSR count). The van der Waals surface area contributed by atoms with Gasteiger partial charge in [-0.05, 0) is 56.4 Å². The van der Waals surface area contributed by atoms with Gasteiger partial charge in [0.25, 0.3) is 0 Å². The third-order valence-corrected chi connectivity index (χ3v) is 5.22.